The molecular weight excluding hydrogens is 346 g/mol. The number of rotatable bonds is 4. The standard InChI is InChI=1S/C18H25BF3NO3/c1-7-23(8-2)15(24)13-11-12(9-10-14(13)18(20,21)22)19-25-16(3,4)17(5,6)26-19/h9-11H,7-8H2,1-6H3. The van der Waals surface area contributed by atoms with E-state index in [-0.39, 0.29) is 5.56 Å². The molecule has 1 amide bonds. The van der Waals surface area contributed by atoms with E-state index in [1.807, 2.05) is 27.7 Å². The second kappa shape index (κ2) is 6.89. The molecule has 26 heavy (non-hydrogen) atoms. The monoisotopic (exact) mass is 371 g/mol. The zero-order chi connectivity index (χ0) is 19.9. The van der Waals surface area contributed by atoms with Gasteiger partial charge >= 0.3 is 13.3 Å². The zero-order valence-electron chi connectivity index (χ0n) is 16.0. The van der Waals surface area contributed by atoms with Crippen LogP contribution in [0, 0.1) is 0 Å². The van der Waals surface area contributed by atoms with Crippen LogP contribution in [-0.4, -0.2) is 42.2 Å². The first-order chi connectivity index (χ1) is 11.8. The van der Waals surface area contributed by atoms with Crippen LogP contribution in [0.4, 0.5) is 13.2 Å². The van der Waals surface area contributed by atoms with E-state index in [1.54, 1.807) is 13.8 Å². The van der Waals surface area contributed by atoms with Crippen molar-refractivity contribution in [1.29, 1.82) is 0 Å². The fourth-order valence-electron chi connectivity index (χ4n) is 2.79. The molecule has 0 bridgehead atoms. The molecule has 0 saturated carbocycles. The third-order valence-electron chi connectivity index (χ3n) is 5.16. The van der Waals surface area contributed by atoms with Crippen LogP contribution < -0.4 is 5.46 Å². The zero-order valence-corrected chi connectivity index (χ0v) is 16.0. The minimum Gasteiger partial charge on any atom is -0.399 e. The van der Waals surface area contributed by atoms with E-state index in [9.17, 15) is 18.0 Å². The highest BCUT2D eigenvalue weighted by Gasteiger charge is 2.52. The molecule has 1 aromatic rings. The molecule has 0 unspecified atom stereocenters. The molecule has 0 aliphatic carbocycles. The Kier molecular flexibility index (Phi) is 5.50. The third-order valence-corrected chi connectivity index (χ3v) is 5.16. The highest BCUT2D eigenvalue weighted by atomic mass is 19.4. The van der Waals surface area contributed by atoms with Gasteiger partial charge in [-0.15, -0.1) is 0 Å². The van der Waals surface area contributed by atoms with E-state index in [0.29, 0.717) is 18.6 Å². The first kappa shape index (κ1) is 20.8. The maximum Gasteiger partial charge on any atom is 0.494 e. The molecule has 1 saturated heterocycles. The average Bonchev–Trinajstić information content (AvgIpc) is 2.75. The Bertz CT molecular complexity index is 669. The average molecular weight is 371 g/mol. The second-order valence-corrected chi connectivity index (χ2v) is 7.37. The summed E-state index contributed by atoms with van der Waals surface area (Å²) < 4.78 is 52.0. The van der Waals surface area contributed by atoms with E-state index >= 15 is 0 Å². The number of nitrogens with zero attached hydrogens (tertiary/aromatic N) is 1. The number of carbonyl (C=O) groups excluding carboxylic acids is 1. The number of hydrogen-bond donors (Lipinski definition) is 0. The Morgan fingerprint density at radius 3 is 2.00 bits per heavy atom. The van der Waals surface area contributed by atoms with Gasteiger partial charge in [0, 0.05) is 13.1 Å². The molecule has 1 aliphatic rings. The molecule has 0 atom stereocenters. The van der Waals surface area contributed by atoms with Crippen molar-refractivity contribution in [2.45, 2.75) is 58.9 Å². The first-order valence-corrected chi connectivity index (χ1v) is 8.70. The summed E-state index contributed by atoms with van der Waals surface area (Å²) >= 11 is 0. The van der Waals surface area contributed by atoms with Crippen molar-refractivity contribution in [2.24, 2.45) is 0 Å². The van der Waals surface area contributed by atoms with E-state index in [1.165, 1.54) is 17.0 Å². The third kappa shape index (κ3) is 3.76. The van der Waals surface area contributed by atoms with Gasteiger partial charge in [-0.25, -0.2) is 0 Å². The highest BCUT2D eigenvalue weighted by molar-refractivity contribution is 6.62. The molecule has 4 nitrogen and oxygen atoms in total. The molecule has 144 valence electrons. The van der Waals surface area contributed by atoms with Gasteiger partial charge in [0.15, 0.2) is 0 Å². The number of amides is 1. The van der Waals surface area contributed by atoms with E-state index in [2.05, 4.69) is 0 Å². The van der Waals surface area contributed by atoms with Gasteiger partial charge in [-0.05, 0) is 59.1 Å². The van der Waals surface area contributed by atoms with E-state index in [0.717, 1.165) is 6.07 Å². The van der Waals surface area contributed by atoms with Crippen LogP contribution in [0.5, 0.6) is 0 Å². The van der Waals surface area contributed by atoms with Gasteiger partial charge in [-0.2, -0.15) is 13.2 Å². The molecule has 1 aliphatic heterocycles. The van der Waals surface area contributed by atoms with Crippen LogP contribution in [0.2, 0.25) is 0 Å². The smallest absolute Gasteiger partial charge is 0.399 e. The Morgan fingerprint density at radius 2 is 1.58 bits per heavy atom. The fraction of sp³-hybridized carbons (Fsp3) is 0.611. The molecule has 2 rings (SSSR count). The van der Waals surface area contributed by atoms with Crippen molar-refractivity contribution in [3.63, 3.8) is 0 Å². The normalized spacial score (nSPS) is 18.9. The van der Waals surface area contributed by atoms with Crippen LogP contribution in [0.15, 0.2) is 18.2 Å². The van der Waals surface area contributed by atoms with E-state index < -0.39 is 36.0 Å². The van der Waals surface area contributed by atoms with Gasteiger partial charge in [0.1, 0.15) is 0 Å². The lowest BCUT2D eigenvalue weighted by Crippen LogP contribution is -2.41. The maximum atomic E-state index is 13.4. The van der Waals surface area contributed by atoms with Gasteiger partial charge in [0.05, 0.1) is 22.3 Å². The van der Waals surface area contributed by atoms with Gasteiger partial charge in [0.2, 0.25) is 0 Å². The number of hydrogen-bond acceptors (Lipinski definition) is 3. The molecular formula is C18H25BF3NO3. The molecule has 8 heteroatoms. The van der Waals surface area contributed by atoms with Crippen molar-refractivity contribution in [3.8, 4) is 0 Å². The molecule has 1 fully saturated rings. The second-order valence-electron chi connectivity index (χ2n) is 7.37. The molecule has 0 spiro atoms. The topological polar surface area (TPSA) is 38.8 Å². The van der Waals surface area contributed by atoms with Crippen LogP contribution in [0.25, 0.3) is 0 Å². The van der Waals surface area contributed by atoms with Gasteiger partial charge in [0.25, 0.3) is 5.91 Å². The Labute approximate surface area is 152 Å². The lowest BCUT2D eigenvalue weighted by molar-refractivity contribution is -0.138. The summed E-state index contributed by atoms with van der Waals surface area (Å²) in [5.41, 5.74) is -2.18. The first-order valence-electron chi connectivity index (χ1n) is 8.70. The maximum absolute atomic E-state index is 13.4. The van der Waals surface area contributed by atoms with Gasteiger partial charge in [-0.3, -0.25) is 4.79 Å². The van der Waals surface area contributed by atoms with Crippen molar-refractivity contribution in [1.82, 2.24) is 4.90 Å². The van der Waals surface area contributed by atoms with Crippen molar-refractivity contribution in [3.05, 3.63) is 29.3 Å². The predicted molar refractivity (Wildman–Crippen MR) is 94.4 cm³/mol. The van der Waals surface area contributed by atoms with Crippen LogP contribution in [0.1, 0.15) is 57.5 Å². The Morgan fingerprint density at radius 1 is 1.08 bits per heavy atom. The summed E-state index contributed by atoms with van der Waals surface area (Å²) in [5, 5.41) is 0. The van der Waals surface area contributed by atoms with Crippen molar-refractivity contribution >= 4 is 18.5 Å². The van der Waals surface area contributed by atoms with Crippen molar-refractivity contribution in [2.75, 3.05) is 13.1 Å². The largest absolute Gasteiger partial charge is 0.494 e. The minimum atomic E-state index is -4.62. The lowest BCUT2D eigenvalue weighted by atomic mass is 9.77. The Balaban J connectivity index is 2.49. The van der Waals surface area contributed by atoms with Crippen LogP contribution in [0.3, 0.4) is 0 Å². The molecule has 0 radical (unpaired) electrons. The molecule has 0 N–H and O–H groups in total. The predicted octanol–water partition coefficient (Wildman–Crippen LogP) is 3.49. The minimum absolute atomic E-state index is 0.327. The molecule has 1 heterocycles. The fourth-order valence-corrected chi connectivity index (χ4v) is 2.79. The summed E-state index contributed by atoms with van der Waals surface area (Å²) in [6, 6.07) is 3.48. The highest BCUT2D eigenvalue weighted by Crippen LogP contribution is 2.37. The van der Waals surface area contributed by atoms with Crippen LogP contribution in [-0.2, 0) is 15.5 Å². The number of alkyl halides is 3. The summed E-state index contributed by atoms with van der Waals surface area (Å²) in [5.74, 6) is -0.652. The van der Waals surface area contributed by atoms with Crippen LogP contribution >= 0.6 is 0 Å². The van der Waals surface area contributed by atoms with E-state index in [4.69, 9.17) is 9.31 Å². The number of carbonyl (C=O) groups is 1. The summed E-state index contributed by atoms with van der Waals surface area (Å²) in [7, 11) is -0.828. The Hall–Kier alpha value is -1.54. The molecule has 0 aromatic heterocycles. The molecule has 1 aromatic carbocycles. The van der Waals surface area contributed by atoms with Gasteiger partial charge < -0.3 is 14.2 Å². The summed E-state index contributed by atoms with van der Waals surface area (Å²) in [4.78, 5) is 14.0. The van der Waals surface area contributed by atoms with Gasteiger partial charge in [-0.1, -0.05) is 6.07 Å². The summed E-state index contributed by atoms with van der Waals surface area (Å²) in [6.07, 6.45) is -4.62. The number of benzene rings is 1. The lowest BCUT2D eigenvalue weighted by Gasteiger charge is -2.32. The van der Waals surface area contributed by atoms with Crippen molar-refractivity contribution < 1.29 is 27.3 Å². The quantitative estimate of drug-likeness (QED) is 0.761. The summed E-state index contributed by atoms with van der Waals surface area (Å²) in [6.45, 7) is 11.6. The number of halogens is 3. The SMILES string of the molecule is CCN(CC)C(=O)c1cc(B2OC(C)(C)C(C)(C)O2)ccc1C(F)(F)F.